The zero-order valence-electron chi connectivity index (χ0n) is 14.2. The fourth-order valence-corrected chi connectivity index (χ4v) is 2.93. The Morgan fingerprint density at radius 2 is 1.80 bits per heavy atom. The predicted octanol–water partition coefficient (Wildman–Crippen LogP) is 4.87. The van der Waals surface area contributed by atoms with Gasteiger partial charge in [0, 0.05) is 12.4 Å². The first-order valence-electron chi connectivity index (χ1n) is 8.08. The highest BCUT2D eigenvalue weighted by Gasteiger charge is 2.19. The van der Waals surface area contributed by atoms with Crippen molar-refractivity contribution in [3.63, 3.8) is 0 Å². The molecule has 1 aromatic heterocycles. The molecule has 1 heterocycles. The highest BCUT2D eigenvalue weighted by Crippen LogP contribution is 2.25. The first kappa shape index (κ1) is 17.2. The summed E-state index contributed by atoms with van der Waals surface area (Å²) < 4.78 is 0. The summed E-state index contributed by atoms with van der Waals surface area (Å²) in [5.41, 5.74) is 4.79. The smallest absolute Gasteiger partial charge is 0.253 e. The van der Waals surface area contributed by atoms with Gasteiger partial charge in [0.25, 0.3) is 5.91 Å². The van der Waals surface area contributed by atoms with E-state index < -0.39 is 0 Å². The molecule has 0 aliphatic heterocycles. The first-order chi connectivity index (χ1) is 12.1. The quantitative estimate of drug-likeness (QED) is 0.729. The summed E-state index contributed by atoms with van der Waals surface area (Å²) >= 11 is 6.17. The molecule has 1 unspecified atom stereocenters. The summed E-state index contributed by atoms with van der Waals surface area (Å²) in [4.78, 5) is 16.9. The number of carbonyl (C=O) groups excluding carboxylic acids is 1. The topological polar surface area (TPSA) is 42.0 Å². The van der Waals surface area contributed by atoms with Crippen molar-refractivity contribution < 1.29 is 4.79 Å². The normalized spacial score (nSPS) is 11.8. The van der Waals surface area contributed by atoms with Crippen LogP contribution >= 0.6 is 11.6 Å². The van der Waals surface area contributed by atoms with Crippen molar-refractivity contribution in [1.29, 1.82) is 0 Å². The van der Waals surface area contributed by atoms with E-state index in [9.17, 15) is 4.79 Å². The lowest BCUT2D eigenvalue weighted by Gasteiger charge is -2.21. The molecule has 1 amide bonds. The second-order valence-corrected chi connectivity index (χ2v) is 6.42. The van der Waals surface area contributed by atoms with E-state index in [1.165, 1.54) is 11.1 Å². The minimum Gasteiger partial charge on any atom is -0.341 e. The van der Waals surface area contributed by atoms with Crippen LogP contribution in [0.25, 0.3) is 0 Å². The van der Waals surface area contributed by atoms with E-state index in [4.69, 9.17) is 11.6 Å². The monoisotopic (exact) mass is 350 g/mol. The minimum absolute atomic E-state index is 0.210. The SMILES string of the molecule is Cc1ccc(C(NC(=O)c2ccccc2Cl)c2cccnc2)cc1C. The van der Waals surface area contributed by atoms with Gasteiger partial charge in [-0.15, -0.1) is 0 Å². The van der Waals surface area contributed by atoms with Gasteiger partial charge in [0.05, 0.1) is 16.6 Å². The van der Waals surface area contributed by atoms with Crippen LogP contribution in [-0.2, 0) is 0 Å². The maximum Gasteiger partial charge on any atom is 0.253 e. The number of halogens is 1. The van der Waals surface area contributed by atoms with E-state index in [0.29, 0.717) is 10.6 Å². The number of benzene rings is 2. The van der Waals surface area contributed by atoms with Gasteiger partial charge in [0.2, 0.25) is 0 Å². The van der Waals surface area contributed by atoms with Crippen LogP contribution in [0.5, 0.6) is 0 Å². The van der Waals surface area contributed by atoms with Crippen molar-refractivity contribution in [1.82, 2.24) is 10.3 Å². The van der Waals surface area contributed by atoms with Crippen molar-refractivity contribution >= 4 is 17.5 Å². The van der Waals surface area contributed by atoms with E-state index >= 15 is 0 Å². The van der Waals surface area contributed by atoms with Crippen LogP contribution in [0, 0.1) is 13.8 Å². The maximum atomic E-state index is 12.8. The number of pyridine rings is 1. The molecule has 3 aromatic rings. The van der Waals surface area contributed by atoms with Gasteiger partial charge in [0.15, 0.2) is 0 Å². The van der Waals surface area contributed by atoms with E-state index in [0.717, 1.165) is 11.1 Å². The highest BCUT2D eigenvalue weighted by atomic mass is 35.5. The molecule has 0 aliphatic rings. The summed E-state index contributed by atoms with van der Waals surface area (Å²) in [6.45, 7) is 4.13. The molecule has 1 N–H and O–H groups in total. The van der Waals surface area contributed by atoms with Crippen molar-refractivity contribution in [2.24, 2.45) is 0 Å². The number of amides is 1. The number of carbonyl (C=O) groups is 1. The molecule has 2 aromatic carbocycles. The molecule has 3 rings (SSSR count). The minimum atomic E-state index is -0.295. The van der Waals surface area contributed by atoms with Crippen LogP contribution in [0.15, 0.2) is 67.0 Å². The van der Waals surface area contributed by atoms with Gasteiger partial charge in [-0.1, -0.05) is 48.0 Å². The second-order valence-electron chi connectivity index (χ2n) is 6.02. The van der Waals surface area contributed by atoms with Crippen molar-refractivity contribution in [2.45, 2.75) is 19.9 Å². The molecule has 4 heteroatoms. The Bertz CT molecular complexity index is 893. The molecule has 0 saturated heterocycles. The number of hydrogen-bond acceptors (Lipinski definition) is 2. The summed E-state index contributed by atoms with van der Waals surface area (Å²) in [6, 6.07) is 16.8. The van der Waals surface area contributed by atoms with Crippen LogP contribution in [0.3, 0.4) is 0 Å². The summed E-state index contributed by atoms with van der Waals surface area (Å²) in [5, 5.41) is 3.53. The van der Waals surface area contributed by atoms with Gasteiger partial charge in [-0.05, 0) is 54.3 Å². The van der Waals surface area contributed by atoms with E-state index in [-0.39, 0.29) is 11.9 Å². The zero-order chi connectivity index (χ0) is 17.8. The lowest BCUT2D eigenvalue weighted by Crippen LogP contribution is -2.29. The highest BCUT2D eigenvalue weighted by molar-refractivity contribution is 6.33. The Hall–Kier alpha value is -2.65. The third-order valence-electron chi connectivity index (χ3n) is 4.28. The standard InChI is InChI=1S/C21H19ClN2O/c1-14-9-10-16(12-15(14)2)20(17-6-5-11-23-13-17)24-21(25)18-7-3-4-8-19(18)22/h3-13,20H,1-2H3,(H,24,25). The Kier molecular flexibility index (Phi) is 5.15. The molecule has 126 valence electrons. The second kappa shape index (κ2) is 7.49. The maximum absolute atomic E-state index is 12.8. The number of nitrogens with one attached hydrogen (secondary N) is 1. The number of nitrogens with zero attached hydrogens (tertiary/aromatic N) is 1. The average molecular weight is 351 g/mol. The molecule has 1 atom stereocenters. The zero-order valence-corrected chi connectivity index (χ0v) is 14.9. The molecule has 0 aliphatic carbocycles. The molecule has 25 heavy (non-hydrogen) atoms. The number of aryl methyl sites for hydroxylation is 2. The number of aromatic nitrogens is 1. The van der Waals surface area contributed by atoms with Crippen LogP contribution in [-0.4, -0.2) is 10.9 Å². The van der Waals surface area contributed by atoms with Crippen molar-refractivity contribution in [2.75, 3.05) is 0 Å². The van der Waals surface area contributed by atoms with Crippen LogP contribution in [0.2, 0.25) is 5.02 Å². The van der Waals surface area contributed by atoms with E-state index in [1.807, 2.05) is 18.2 Å². The lowest BCUT2D eigenvalue weighted by atomic mass is 9.96. The molecule has 0 spiro atoms. The van der Waals surface area contributed by atoms with Crippen molar-refractivity contribution in [3.8, 4) is 0 Å². The van der Waals surface area contributed by atoms with Gasteiger partial charge in [0.1, 0.15) is 0 Å². The largest absolute Gasteiger partial charge is 0.341 e. The van der Waals surface area contributed by atoms with Crippen molar-refractivity contribution in [3.05, 3.63) is 99.8 Å². The molecular weight excluding hydrogens is 332 g/mol. The van der Waals surface area contributed by atoms with Gasteiger partial charge in [-0.3, -0.25) is 9.78 Å². The van der Waals surface area contributed by atoms with Gasteiger partial charge < -0.3 is 5.32 Å². The Balaban J connectivity index is 1.99. The average Bonchev–Trinajstić information content (AvgIpc) is 2.63. The molecule has 3 nitrogen and oxygen atoms in total. The molecule has 0 bridgehead atoms. The third kappa shape index (κ3) is 3.89. The fourth-order valence-electron chi connectivity index (χ4n) is 2.70. The van der Waals surface area contributed by atoms with Gasteiger partial charge in [-0.2, -0.15) is 0 Å². The fraction of sp³-hybridized carbons (Fsp3) is 0.143. The molecule has 0 saturated carbocycles. The lowest BCUT2D eigenvalue weighted by molar-refractivity contribution is 0.0943. The van der Waals surface area contributed by atoms with Crippen LogP contribution < -0.4 is 5.32 Å². The number of rotatable bonds is 4. The van der Waals surface area contributed by atoms with Gasteiger partial charge in [-0.25, -0.2) is 0 Å². The molecular formula is C21H19ClN2O. The number of hydrogen-bond donors (Lipinski definition) is 1. The molecule has 0 radical (unpaired) electrons. The summed E-state index contributed by atoms with van der Waals surface area (Å²) in [5.74, 6) is -0.210. The molecule has 0 fully saturated rings. The Labute approximate surface area is 152 Å². The first-order valence-corrected chi connectivity index (χ1v) is 8.46. The summed E-state index contributed by atoms with van der Waals surface area (Å²) in [6.07, 6.45) is 3.49. The van der Waals surface area contributed by atoms with Crippen LogP contribution in [0.1, 0.15) is 38.7 Å². The van der Waals surface area contributed by atoms with E-state index in [1.54, 1.807) is 36.7 Å². The Morgan fingerprint density at radius 1 is 1.00 bits per heavy atom. The summed E-state index contributed by atoms with van der Waals surface area (Å²) in [7, 11) is 0. The Morgan fingerprint density at radius 3 is 2.48 bits per heavy atom. The third-order valence-corrected chi connectivity index (χ3v) is 4.61. The predicted molar refractivity (Wildman–Crippen MR) is 101 cm³/mol. The van der Waals surface area contributed by atoms with Crippen LogP contribution in [0.4, 0.5) is 0 Å². The van der Waals surface area contributed by atoms with Gasteiger partial charge >= 0.3 is 0 Å². The van der Waals surface area contributed by atoms with E-state index in [2.05, 4.69) is 36.3 Å².